The van der Waals surface area contributed by atoms with E-state index in [-0.39, 0.29) is 11.9 Å². The van der Waals surface area contributed by atoms with E-state index in [1.54, 1.807) is 29.2 Å². The van der Waals surface area contributed by atoms with Gasteiger partial charge in [-0.1, -0.05) is 30.3 Å². The summed E-state index contributed by atoms with van der Waals surface area (Å²) in [4.78, 5) is 14.9. The number of carbonyl (C=O) groups excluding carboxylic acids is 1. The molecule has 1 heterocycles. The topological polar surface area (TPSA) is 57.7 Å². The van der Waals surface area contributed by atoms with Gasteiger partial charge in [0.1, 0.15) is 0 Å². The van der Waals surface area contributed by atoms with Crippen LogP contribution in [0.1, 0.15) is 22.8 Å². The number of nitrogens with zero attached hydrogens (tertiary/aromatic N) is 2. The quantitative estimate of drug-likeness (QED) is 0.860. The average Bonchev–Trinajstić information content (AvgIpc) is 2.88. The van der Waals surface area contributed by atoms with Gasteiger partial charge in [-0.25, -0.2) is 8.42 Å². The van der Waals surface area contributed by atoms with Crippen molar-refractivity contribution < 1.29 is 13.2 Å². The molecular weight excluding hydrogens is 324 g/mol. The van der Waals surface area contributed by atoms with E-state index in [1.807, 2.05) is 31.2 Å². The summed E-state index contributed by atoms with van der Waals surface area (Å²) in [5.41, 5.74) is 2.80. The predicted octanol–water partition coefficient (Wildman–Crippen LogP) is 2.67. The fraction of sp³-hybridized carbons (Fsp3) is 0.278. The Morgan fingerprint density at radius 3 is 2.46 bits per heavy atom. The molecule has 0 aliphatic carbocycles. The second kappa shape index (κ2) is 5.94. The van der Waals surface area contributed by atoms with Crippen LogP contribution in [0, 0.1) is 0 Å². The highest BCUT2D eigenvalue weighted by Crippen LogP contribution is 2.34. The van der Waals surface area contributed by atoms with Crippen molar-refractivity contribution in [2.75, 3.05) is 22.5 Å². The van der Waals surface area contributed by atoms with E-state index in [0.717, 1.165) is 28.2 Å². The average molecular weight is 344 g/mol. The number of anilines is 2. The van der Waals surface area contributed by atoms with Gasteiger partial charge in [-0.15, -0.1) is 0 Å². The summed E-state index contributed by atoms with van der Waals surface area (Å²) < 4.78 is 24.9. The maximum Gasteiger partial charge on any atom is 0.260 e. The number of amides is 1. The van der Waals surface area contributed by atoms with Crippen LogP contribution in [0.3, 0.4) is 0 Å². The van der Waals surface area contributed by atoms with Gasteiger partial charge >= 0.3 is 0 Å². The summed E-state index contributed by atoms with van der Waals surface area (Å²) >= 11 is 0. The molecule has 0 fully saturated rings. The molecule has 0 aromatic heterocycles. The van der Waals surface area contributed by atoms with Crippen molar-refractivity contribution in [3.05, 3.63) is 59.7 Å². The number of hydrogen-bond donors (Lipinski definition) is 0. The minimum absolute atomic E-state index is 0.0338. The van der Waals surface area contributed by atoms with Crippen molar-refractivity contribution >= 4 is 27.3 Å². The molecule has 126 valence electrons. The molecule has 0 N–H and O–H groups in total. The van der Waals surface area contributed by atoms with E-state index in [2.05, 4.69) is 0 Å². The molecular formula is C18H20N2O3S. The van der Waals surface area contributed by atoms with Gasteiger partial charge in [-0.3, -0.25) is 9.10 Å². The monoisotopic (exact) mass is 344 g/mol. The third kappa shape index (κ3) is 2.78. The van der Waals surface area contributed by atoms with Crippen LogP contribution in [0.2, 0.25) is 0 Å². The summed E-state index contributed by atoms with van der Waals surface area (Å²) in [6.45, 7) is 2.00. The summed E-state index contributed by atoms with van der Waals surface area (Å²) in [5.74, 6) is -0.182. The smallest absolute Gasteiger partial charge is 0.260 e. The number of carbonyl (C=O) groups is 1. The lowest BCUT2D eigenvalue weighted by Crippen LogP contribution is -2.37. The van der Waals surface area contributed by atoms with Crippen LogP contribution in [-0.2, 0) is 16.4 Å². The molecule has 1 aliphatic heterocycles. The first-order valence-electron chi connectivity index (χ1n) is 7.75. The molecule has 3 rings (SSSR count). The first-order valence-corrected chi connectivity index (χ1v) is 9.60. The van der Waals surface area contributed by atoms with Crippen molar-refractivity contribution in [3.8, 4) is 0 Å². The highest BCUT2D eigenvalue weighted by Gasteiger charge is 2.33. The number of rotatable bonds is 3. The van der Waals surface area contributed by atoms with Gasteiger partial charge in [0.15, 0.2) is 0 Å². The van der Waals surface area contributed by atoms with Crippen molar-refractivity contribution in [1.29, 1.82) is 0 Å². The van der Waals surface area contributed by atoms with Crippen LogP contribution < -0.4 is 9.21 Å². The van der Waals surface area contributed by atoms with Crippen LogP contribution in [0.4, 0.5) is 11.4 Å². The van der Waals surface area contributed by atoms with E-state index >= 15 is 0 Å². The lowest BCUT2D eigenvalue weighted by Gasteiger charge is -2.26. The molecule has 1 aliphatic rings. The maximum atomic E-state index is 13.2. The molecule has 0 saturated heterocycles. The SMILES string of the molecule is C[C@H]1Cc2ccccc2N1C(=O)c1ccccc1N(C)S(C)(=O)=O. The summed E-state index contributed by atoms with van der Waals surface area (Å²) in [7, 11) is -1.99. The number of sulfonamides is 1. The van der Waals surface area contributed by atoms with Crippen molar-refractivity contribution in [2.24, 2.45) is 0 Å². The Bertz CT molecular complexity index is 893. The molecule has 0 radical (unpaired) electrons. The third-order valence-electron chi connectivity index (χ3n) is 4.40. The number of fused-ring (bicyclic) bond motifs is 1. The maximum absolute atomic E-state index is 13.2. The minimum Gasteiger partial charge on any atom is -0.305 e. The van der Waals surface area contributed by atoms with E-state index in [4.69, 9.17) is 0 Å². The normalized spacial score (nSPS) is 16.8. The third-order valence-corrected chi connectivity index (χ3v) is 5.59. The lowest BCUT2D eigenvalue weighted by atomic mass is 10.1. The minimum atomic E-state index is -3.45. The van der Waals surface area contributed by atoms with Crippen LogP contribution in [-0.4, -0.2) is 33.7 Å². The van der Waals surface area contributed by atoms with E-state index in [1.165, 1.54) is 7.05 Å². The first kappa shape index (κ1) is 16.5. The van der Waals surface area contributed by atoms with Crippen molar-refractivity contribution in [1.82, 2.24) is 0 Å². The van der Waals surface area contributed by atoms with E-state index in [9.17, 15) is 13.2 Å². The first-order chi connectivity index (χ1) is 11.3. The molecule has 2 aromatic rings. The predicted molar refractivity (Wildman–Crippen MR) is 96.1 cm³/mol. The largest absolute Gasteiger partial charge is 0.305 e. The molecule has 0 saturated carbocycles. The zero-order chi connectivity index (χ0) is 17.5. The van der Waals surface area contributed by atoms with Crippen LogP contribution in [0.15, 0.2) is 48.5 Å². The van der Waals surface area contributed by atoms with Crippen LogP contribution >= 0.6 is 0 Å². The molecule has 1 amide bonds. The second-order valence-corrected chi connectivity index (χ2v) is 8.12. The van der Waals surface area contributed by atoms with Crippen molar-refractivity contribution in [3.63, 3.8) is 0 Å². The van der Waals surface area contributed by atoms with Gasteiger partial charge in [0, 0.05) is 18.8 Å². The number of benzene rings is 2. The molecule has 0 bridgehead atoms. The zero-order valence-corrected chi connectivity index (χ0v) is 14.7. The zero-order valence-electron chi connectivity index (χ0n) is 13.9. The fourth-order valence-corrected chi connectivity index (χ4v) is 3.63. The molecule has 1 atom stereocenters. The summed E-state index contributed by atoms with van der Waals surface area (Å²) in [6, 6.07) is 14.7. The Hall–Kier alpha value is -2.34. The second-order valence-electron chi connectivity index (χ2n) is 6.10. The Morgan fingerprint density at radius 2 is 1.75 bits per heavy atom. The summed E-state index contributed by atoms with van der Waals surface area (Å²) in [5, 5.41) is 0. The number of para-hydroxylation sites is 2. The molecule has 5 nitrogen and oxygen atoms in total. The standard InChI is InChI=1S/C18H20N2O3S/c1-13-12-14-8-4-6-10-16(14)20(13)18(21)15-9-5-7-11-17(15)19(2)24(3,22)23/h4-11,13H,12H2,1-3H3/t13-/m0/s1. The summed E-state index contributed by atoms with van der Waals surface area (Å²) in [6.07, 6.45) is 1.92. The fourth-order valence-electron chi connectivity index (χ4n) is 3.11. The Labute approximate surface area is 142 Å². The van der Waals surface area contributed by atoms with E-state index < -0.39 is 10.0 Å². The molecule has 0 spiro atoms. The molecule has 24 heavy (non-hydrogen) atoms. The van der Waals surface area contributed by atoms with Gasteiger partial charge in [0.2, 0.25) is 10.0 Å². The molecule has 2 aromatic carbocycles. The lowest BCUT2D eigenvalue weighted by molar-refractivity contribution is 0.0982. The Balaban J connectivity index is 2.06. The Morgan fingerprint density at radius 1 is 1.12 bits per heavy atom. The van der Waals surface area contributed by atoms with E-state index in [0.29, 0.717) is 11.3 Å². The number of hydrogen-bond acceptors (Lipinski definition) is 3. The van der Waals surface area contributed by atoms with Crippen LogP contribution in [0.5, 0.6) is 0 Å². The van der Waals surface area contributed by atoms with Gasteiger partial charge < -0.3 is 4.90 Å². The molecule has 0 unspecified atom stereocenters. The van der Waals surface area contributed by atoms with Crippen LogP contribution in [0.25, 0.3) is 0 Å². The molecule has 6 heteroatoms. The van der Waals surface area contributed by atoms with Gasteiger partial charge in [-0.05, 0) is 37.1 Å². The highest BCUT2D eigenvalue weighted by atomic mass is 32.2. The van der Waals surface area contributed by atoms with Gasteiger partial charge in [-0.2, -0.15) is 0 Å². The Kier molecular flexibility index (Phi) is 4.09. The van der Waals surface area contributed by atoms with Gasteiger partial charge in [0.05, 0.1) is 17.5 Å². The highest BCUT2D eigenvalue weighted by molar-refractivity contribution is 7.92. The van der Waals surface area contributed by atoms with Crippen molar-refractivity contribution in [2.45, 2.75) is 19.4 Å². The van der Waals surface area contributed by atoms with Gasteiger partial charge in [0.25, 0.3) is 5.91 Å².